The lowest BCUT2D eigenvalue weighted by Crippen LogP contribution is -2.45. The Labute approximate surface area is 113 Å². The number of nitrogens with one attached hydrogen (secondary N) is 1. The van der Waals surface area contributed by atoms with E-state index in [0.29, 0.717) is 6.54 Å². The van der Waals surface area contributed by atoms with Gasteiger partial charge < -0.3 is 10.4 Å². The number of rotatable bonds is 4. The molecule has 1 aromatic heterocycles. The summed E-state index contributed by atoms with van der Waals surface area (Å²) < 4.78 is 0. The van der Waals surface area contributed by atoms with Crippen LogP contribution in [-0.4, -0.2) is 29.1 Å². The minimum Gasteiger partial charge on any atom is -0.396 e. The van der Waals surface area contributed by atoms with Crippen molar-refractivity contribution < 1.29 is 9.90 Å². The Bertz CT molecular complexity index is 477. The standard InChI is InChI=1S/C15H20N2O2/c18-10-15(6-2-7-15)9-17-14(19)12-5-4-11-3-1-8-16-13(11)12/h1,3,8,12,18H,2,4-7,9-10H2,(H,17,19). The second-order valence-corrected chi connectivity index (χ2v) is 5.87. The Hall–Kier alpha value is -1.42. The SMILES string of the molecule is O=C(NCC1(CO)CCC1)C1CCc2cccnc21. The zero-order chi connectivity index (χ0) is 13.3. The fourth-order valence-electron chi connectivity index (χ4n) is 3.13. The summed E-state index contributed by atoms with van der Waals surface area (Å²) in [7, 11) is 0. The lowest BCUT2D eigenvalue weighted by atomic mass is 9.69. The van der Waals surface area contributed by atoms with Crippen molar-refractivity contribution in [1.82, 2.24) is 10.3 Å². The number of pyridine rings is 1. The van der Waals surface area contributed by atoms with Crippen molar-refractivity contribution in [3.05, 3.63) is 29.6 Å². The van der Waals surface area contributed by atoms with E-state index in [1.807, 2.05) is 6.07 Å². The van der Waals surface area contributed by atoms with E-state index in [4.69, 9.17) is 0 Å². The molecule has 0 saturated heterocycles. The Kier molecular flexibility index (Phi) is 3.27. The molecule has 0 aromatic carbocycles. The molecular weight excluding hydrogens is 240 g/mol. The number of hydrogen-bond donors (Lipinski definition) is 2. The van der Waals surface area contributed by atoms with Gasteiger partial charge in [0.15, 0.2) is 0 Å². The molecule has 1 saturated carbocycles. The number of amides is 1. The average molecular weight is 260 g/mol. The maximum atomic E-state index is 12.3. The monoisotopic (exact) mass is 260 g/mol. The summed E-state index contributed by atoms with van der Waals surface area (Å²) in [5.74, 6) is -0.0378. The minimum absolute atomic E-state index is 0.0544. The van der Waals surface area contributed by atoms with Gasteiger partial charge in [0.05, 0.1) is 18.2 Å². The fourth-order valence-corrected chi connectivity index (χ4v) is 3.13. The molecule has 2 aliphatic carbocycles. The number of aryl methyl sites for hydroxylation is 1. The smallest absolute Gasteiger partial charge is 0.229 e. The number of carbonyl (C=O) groups is 1. The molecule has 1 aromatic rings. The Morgan fingerprint density at radius 2 is 2.37 bits per heavy atom. The van der Waals surface area contributed by atoms with Crippen LogP contribution in [0.25, 0.3) is 0 Å². The predicted octanol–water partition coefficient (Wildman–Crippen LogP) is 1.39. The van der Waals surface area contributed by atoms with E-state index in [1.165, 1.54) is 5.56 Å². The van der Waals surface area contributed by atoms with E-state index in [-0.39, 0.29) is 23.8 Å². The molecule has 4 nitrogen and oxygen atoms in total. The van der Waals surface area contributed by atoms with Crippen LogP contribution in [0.15, 0.2) is 18.3 Å². The number of aliphatic hydroxyl groups excluding tert-OH is 1. The van der Waals surface area contributed by atoms with E-state index < -0.39 is 0 Å². The third-order valence-corrected chi connectivity index (χ3v) is 4.66. The first-order valence-corrected chi connectivity index (χ1v) is 7.06. The van der Waals surface area contributed by atoms with Crippen LogP contribution in [0, 0.1) is 5.41 Å². The maximum absolute atomic E-state index is 12.3. The van der Waals surface area contributed by atoms with Gasteiger partial charge in [0.25, 0.3) is 0 Å². The quantitative estimate of drug-likeness (QED) is 0.860. The molecule has 0 bridgehead atoms. The first-order valence-electron chi connectivity index (χ1n) is 7.06. The Morgan fingerprint density at radius 1 is 1.53 bits per heavy atom. The Morgan fingerprint density at radius 3 is 3.05 bits per heavy atom. The highest BCUT2D eigenvalue weighted by molar-refractivity contribution is 5.84. The van der Waals surface area contributed by atoms with Crippen LogP contribution in [0.4, 0.5) is 0 Å². The number of aromatic nitrogens is 1. The molecule has 2 aliphatic rings. The zero-order valence-electron chi connectivity index (χ0n) is 11.1. The van der Waals surface area contributed by atoms with Gasteiger partial charge in [-0.05, 0) is 37.3 Å². The predicted molar refractivity (Wildman–Crippen MR) is 71.7 cm³/mol. The number of hydrogen-bond acceptors (Lipinski definition) is 3. The molecule has 3 rings (SSSR count). The summed E-state index contributed by atoms with van der Waals surface area (Å²) in [5, 5.41) is 12.4. The van der Waals surface area contributed by atoms with Crippen LogP contribution in [-0.2, 0) is 11.2 Å². The second-order valence-electron chi connectivity index (χ2n) is 5.87. The van der Waals surface area contributed by atoms with Crippen molar-refractivity contribution in [2.24, 2.45) is 5.41 Å². The molecule has 1 heterocycles. The van der Waals surface area contributed by atoms with Crippen LogP contribution < -0.4 is 5.32 Å². The molecule has 19 heavy (non-hydrogen) atoms. The molecule has 0 spiro atoms. The highest BCUT2D eigenvalue weighted by Crippen LogP contribution is 2.40. The number of nitrogens with zero attached hydrogens (tertiary/aromatic N) is 1. The molecule has 102 valence electrons. The minimum atomic E-state index is -0.105. The van der Waals surface area contributed by atoms with Gasteiger partial charge in [0, 0.05) is 18.2 Å². The normalized spacial score (nSPS) is 23.5. The molecule has 4 heteroatoms. The third kappa shape index (κ3) is 2.25. The lowest BCUT2D eigenvalue weighted by molar-refractivity contribution is -0.123. The van der Waals surface area contributed by atoms with Crippen molar-refractivity contribution in [2.45, 2.75) is 38.0 Å². The molecular formula is C15H20N2O2. The van der Waals surface area contributed by atoms with E-state index in [2.05, 4.69) is 16.4 Å². The molecule has 0 radical (unpaired) electrons. The van der Waals surface area contributed by atoms with Crippen LogP contribution in [0.3, 0.4) is 0 Å². The van der Waals surface area contributed by atoms with Crippen molar-refractivity contribution in [3.8, 4) is 0 Å². The largest absolute Gasteiger partial charge is 0.396 e. The molecule has 2 N–H and O–H groups in total. The van der Waals surface area contributed by atoms with Gasteiger partial charge in [-0.2, -0.15) is 0 Å². The van der Waals surface area contributed by atoms with Crippen molar-refractivity contribution in [3.63, 3.8) is 0 Å². The van der Waals surface area contributed by atoms with Gasteiger partial charge in [-0.25, -0.2) is 0 Å². The van der Waals surface area contributed by atoms with Crippen LogP contribution in [0.1, 0.15) is 42.9 Å². The van der Waals surface area contributed by atoms with Crippen molar-refractivity contribution >= 4 is 5.91 Å². The molecule has 1 fully saturated rings. The summed E-state index contributed by atoms with van der Waals surface area (Å²) in [4.78, 5) is 16.6. The fraction of sp³-hybridized carbons (Fsp3) is 0.600. The molecule has 1 amide bonds. The van der Waals surface area contributed by atoms with E-state index in [0.717, 1.165) is 37.8 Å². The van der Waals surface area contributed by atoms with Gasteiger partial charge in [-0.3, -0.25) is 9.78 Å². The van der Waals surface area contributed by atoms with E-state index >= 15 is 0 Å². The van der Waals surface area contributed by atoms with Crippen LogP contribution in [0.5, 0.6) is 0 Å². The molecule has 1 unspecified atom stereocenters. The van der Waals surface area contributed by atoms with Gasteiger partial charge in [-0.15, -0.1) is 0 Å². The molecule has 0 aliphatic heterocycles. The average Bonchev–Trinajstić information content (AvgIpc) is 2.81. The summed E-state index contributed by atoms with van der Waals surface area (Å²) in [5.41, 5.74) is 2.08. The second kappa shape index (κ2) is 4.93. The number of carbonyl (C=O) groups excluding carboxylic acids is 1. The topological polar surface area (TPSA) is 62.2 Å². The van der Waals surface area contributed by atoms with Gasteiger partial charge in [0.1, 0.15) is 0 Å². The highest BCUT2D eigenvalue weighted by Gasteiger charge is 2.38. The van der Waals surface area contributed by atoms with Crippen LogP contribution >= 0.6 is 0 Å². The number of fused-ring (bicyclic) bond motifs is 1. The lowest BCUT2D eigenvalue weighted by Gasteiger charge is -2.40. The third-order valence-electron chi connectivity index (χ3n) is 4.66. The van der Waals surface area contributed by atoms with Crippen molar-refractivity contribution in [1.29, 1.82) is 0 Å². The molecule has 1 atom stereocenters. The zero-order valence-corrected chi connectivity index (χ0v) is 11.1. The van der Waals surface area contributed by atoms with E-state index in [1.54, 1.807) is 6.20 Å². The summed E-state index contributed by atoms with van der Waals surface area (Å²) in [6.07, 6.45) is 6.74. The van der Waals surface area contributed by atoms with Crippen molar-refractivity contribution in [2.75, 3.05) is 13.2 Å². The van der Waals surface area contributed by atoms with E-state index in [9.17, 15) is 9.90 Å². The maximum Gasteiger partial charge on any atom is 0.229 e. The summed E-state index contributed by atoms with van der Waals surface area (Å²) >= 11 is 0. The highest BCUT2D eigenvalue weighted by atomic mass is 16.3. The van der Waals surface area contributed by atoms with Gasteiger partial charge in [-0.1, -0.05) is 12.5 Å². The first kappa shape index (κ1) is 12.6. The van der Waals surface area contributed by atoms with Gasteiger partial charge in [0.2, 0.25) is 5.91 Å². The first-order chi connectivity index (χ1) is 9.24. The summed E-state index contributed by atoms with van der Waals surface area (Å²) in [6, 6.07) is 3.98. The number of aliphatic hydroxyl groups is 1. The van der Waals surface area contributed by atoms with Crippen LogP contribution in [0.2, 0.25) is 0 Å². The van der Waals surface area contributed by atoms with Gasteiger partial charge >= 0.3 is 0 Å². The summed E-state index contributed by atoms with van der Waals surface area (Å²) in [6.45, 7) is 0.772. The Balaban J connectivity index is 1.63.